The molecule has 0 saturated carbocycles. The number of aryl methyl sites for hydroxylation is 2. The highest BCUT2D eigenvalue weighted by molar-refractivity contribution is 7.24. The van der Waals surface area contributed by atoms with E-state index in [2.05, 4.69) is 17.8 Å². The van der Waals surface area contributed by atoms with Crippen LogP contribution in [-0.2, 0) is 7.05 Å². The monoisotopic (exact) mass is 150 g/mol. The molecule has 0 spiro atoms. The molecule has 0 fully saturated rings. The third kappa shape index (κ3) is 1.81. The number of hydrogen-bond donors (Lipinski definition) is 0. The standard InChI is InChI=1S/C4H7N2P.ClH/c1-4-3-7-6(2)5-4;/h3H,1-2H3;1H. The van der Waals surface area contributed by atoms with E-state index in [1.165, 1.54) is 14.0 Å². The molecule has 0 atom stereocenters. The van der Waals surface area contributed by atoms with Gasteiger partial charge in [0.1, 0.15) is 0 Å². The second kappa shape index (κ2) is 3.06. The molecule has 0 aliphatic heterocycles. The maximum Gasteiger partial charge on any atom is 0.207 e. The lowest BCUT2D eigenvalue weighted by atomic mass is 10.6. The van der Waals surface area contributed by atoms with Gasteiger partial charge in [-0.2, -0.15) is 0 Å². The molecule has 1 rings (SSSR count). The third-order valence-corrected chi connectivity index (χ3v) is 1.71. The lowest BCUT2D eigenvalue weighted by Crippen LogP contribution is -3.00. The molecule has 8 heavy (non-hydrogen) atoms. The minimum Gasteiger partial charge on any atom is -1.00 e. The quantitative estimate of drug-likeness (QED) is 0.398. The summed E-state index contributed by atoms with van der Waals surface area (Å²) in [5.41, 5.74) is 1.24. The van der Waals surface area contributed by atoms with Gasteiger partial charge >= 0.3 is 0 Å². The summed E-state index contributed by atoms with van der Waals surface area (Å²) in [6.45, 7) is 2.05. The summed E-state index contributed by atoms with van der Waals surface area (Å²) in [5.74, 6) is 2.12. The SMILES string of the molecule is Cc1cpn(C)[nH+]1.[Cl-]. The van der Waals surface area contributed by atoms with E-state index < -0.39 is 0 Å². The van der Waals surface area contributed by atoms with Crippen molar-refractivity contribution in [2.45, 2.75) is 6.92 Å². The molecule has 0 unspecified atom stereocenters. The summed E-state index contributed by atoms with van der Waals surface area (Å²) < 4.78 is 2.01. The average molecular weight is 151 g/mol. The van der Waals surface area contributed by atoms with Gasteiger partial charge in [-0.3, -0.25) is 0 Å². The summed E-state index contributed by atoms with van der Waals surface area (Å²) in [7, 11) is 3.25. The van der Waals surface area contributed by atoms with Crippen LogP contribution in [-0.4, -0.2) is 4.44 Å². The number of halogens is 1. The summed E-state index contributed by atoms with van der Waals surface area (Å²) in [6, 6.07) is 0. The van der Waals surface area contributed by atoms with Crippen molar-refractivity contribution in [3.63, 3.8) is 0 Å². The molecule has 0 radical (unpaired) electrons. The highest BCUT2D eigenvalue weighted by atomic mass is 35.5. The molecule has 0 bridgehead atoms. The highest BCUT2D eigenvalue weighted by Gasteiger charge is 1.91. The van der Waals surface area contributed by atoms with Crippen LogP contribution < -0.4 is 17.5 Å². The molecule has 0 aliphatic carbocycles. The second-order valence-corrected chi connectivity index (χ2v) is 2.65. The maximum atomic E-state index is 3.10. The van der Waals surface area contributed by atoms with Crippen LogP contribution in [0.1, 0.15) is 5.69 Å². The second-order valence-electron chi connectivity index (χ2n) is 1.56. The minimum atomic E-state index is 0. The van der Waals surface area contributed by atoms with Gasteiger partial charge in [-0.25, -0.2) is 0 Å². The average Bonchev–Trinajstić information content (AvgIpc) is 1.87. The van der Waals surface area contributed by atoms with Crippen molar-refractivity contribution in [1.82, 2.24) is 4.44 Å². The molecule has 0 amide bonds. The zero-order valence-corrected chi connectivity index (χ0v) is 6.50. The Morgan fingerprint density at radius 3 is 2.50 bits per heavy atom. The number of nitrogens with zero attached hydrogens (tertiary/aromatic N) is 1. The molecule has 0 aromatic carbocycles. The topological polar surface area (TPSA) is 19.1 Å². The predicted molar refractivity (Wildman–Crippen MR) is 29.2 cm³/mol. The first-order valence-electron chi connectivity index (χ1n) is 2.17. The van der Waals surface area contributed by atoms with E-state index in [4.69, 9.17) is 0 Å². The Bertz CT molecular complexity index is 146. The number of aromatic nitrogens is 2. The van der Waals surface area contributed by atoms with Gasteiger partial charge in [0.05, 0.1) is 21.2 Å². The third-order valence-electron chi connectivity index (χ3n) is 0.763. The Balaban J connectivity index is 0.000000490. The molecule has 1 aromatic rings. The van der Waals surface area contributed by atoms with Gasteiger partial charge in [0.2, 0.25) is 5.69 Å². The van der Waals surface area contributed by atoms with Crippen LogP contribution in [0.3, 0.4) is 0 Å². The van der Waals surface area contributed by atoms with Gasteiger partial charge in [0.15, 0.2) is 0 Å². The fraction of sp³-hybridized carbons (Fsp3) is 0.500. The molecule has 1 heterocycles. The Morgan fingerprint density at radius 2 is 2.38 bits per heavy atom. The Labute approximate surface area is 56.5 Å². The Kier molecular flexibility index (Phi) is 3.03. The van der Waals surface area contributed by atoms with Crippen LogP contribution >= 0.6 is 8.35 Å². The van der Waals surface area contributed by atoms with Crippen molar-refractivity contribution in [1.29, 1.82) is 0 Å². The first-order valence-corrected chi connectivity index (χ1v) is 3.08. The number of nitrogens with one attached hydrogen (secondary N) is 1. The van der Waals surface area contributed by atoms with Crippen molar-refractivity contribution >= 4 is 8.35 Å². The van der Waals surface area contributed by atoms with Crippen molar-refractivity contribution in [2.75, 3.05) is 0 Å². The highest BCUT2D eigenvalue weighted by Crippen LogP contribution is 1.97. The number of H-pyrrole nitrogens is 1. The first kappa shape index (κ1) is 7.93. The van der Waals surface area contributed by atoms with Gasteiger partial charge in [-0.15, -0.1) is 9.54 Å². The molecular weight excluding hydrogens is 142 g/mol. The predicted octanol–water partition coefficient (Wildman–Crippen LogP) is -2.27. The van der Waals surface area contributed by atoms with Crippen LogP contribution in [0, 0.1) is 6.92 Å². The fourth-order valence-electron chi connectivity index (χ4n) is 0.486. The Morgan fingerprint density at radius 1 is 1.75 bits per heavy atom. The lowest BCUT2D eigenvalue weighted by Gasteiger charge is -1.70. The van der Waals surface area contributed by atoms with Gasteiger partial charge in [-0.1, -0.05) is 0 Å². The zero-order valence-electron chi connectivity index (χ0n) is 4.85. The minimum absolute atomic E-state index is 0. The van der Waals surface area contributed by atoms with Crippen molar-refractivity contribution in [2.24, 2.45) is 7.05 Å². The van der Waals surface area contributed by atoms with Crippen LogP contribution in [0.5, 0.6) is 0 Å². The molecule has 1 aromatic heterocycles. The lowest BCUT2D eigenvalue weighted by molar-refractivity contribution is -0.484. The van der Waals surface area contributed by atoms with E-state index in [9.17, 15) is 0 Å². The smallest absolute Gasteiger partial charge is 0.207 e. The molecule has 0 saturated heterocycles. The molecule has 0 aliphatic rings. The molecule has 2 nitrogen and oxygen atoms in total. The van der Waals surface area contributed by atoms with Gasteiger partial charge in [0, 0.05) is 6.92 Å². The summed E-state index contributed by atoms with van der Waals surface area (Å²) in [4.78, 5) is 0. The van der Waals surface area contributed by atoms with Crippen molar-refractivity contribution < 1.29 is 17.5 Å². The molecule has 46 valence electrons. The number of aromatic amines is 1. The van der Waals surface area contributed by atoms with Gasteiger partial charge < -0.3 is 12.4 Å². The Hall–Kier alpha value is -0.0700. The largest absolute Gasteiger partial charge is 1.00 e. The summed E-state index contributed by atoms with van der Waals surface area (Å²) in [6.07, 6.45) is 0. The van der Waals surface area contributed by atoms with E-state index >= 15 is 0 Å². The van der Waals surface area contributed by atoms with E-state index in [0.29, 0.717) is 0 Å². The zero-order chi connectivity index (χ0) is 5.28. The van der Waals surface area contributed by atoms with E-state index in [-0.39, 0.29) is 12.4 Å². The molecular formula is C4H8ClN2P. The fourth-order valence-corrected chi connectivity index (χ4v) is 1.11. The molecule has 4 heteroatoms. The van der Waals surface area contributed by atoms with Crippen molar-refractivity contribution in [3.8, 4) is 0 Å². The van der Waals surface area contributed by atoms with Crippen LogP contribution in [0.25, 0.3) is 0 Å². The summed E-state index contributed by atoms with van der Waals surface area (Å²) >= 11 is 0. The van der Waals surface area contributed by atoms with E-state index in [1.54, 1.807) is 0 Å². The van der Waals surface area contributed by atoms with E-state index in [0.717, 1.165) is 0 Å². The van der Waals surface area contributed by atoms with Crippen molar-refractivity contribution in [3.05, 3.63) is 11.5 Å². The van der Waals surface area contributed by atoms with E-state index in [1.807, 2.05) is 11.5 Å². The number of rotatable bonds is 0. The summed E-state index contributed by atoms with van der Waals surface area (Å²) in [5, 5.41) is 3.10. The maximum absolute atomic E-state index is 3.10. The van der Waals surface area contributed by atoms with Gasteiger partial charge in [0.25, 0.3) is 0 Å². The first-order chi connectivity index (χ1) is 3.29. The van der Waals surface area contributed by atoms with Crippen LogP contribution in [0.4, 0.5) is 0 Å². The van der Waals surface area contributed by atoms with Gasteiger partial charge in [-0.05, 0) is 0 Å². The molecule has 1 N–H and O–H groups in total. The normalized spacial score (nSPS) is 9.25. The number of hydrogen-bond acceptors (Lipinski definition) is 0. The van der Waals surface area contributed by atoms with Crippen LogP contribution in [0.15, 0.2) is 5.80 Å². The van der Waals surface area contributed by atoms with Crippen LogP contribution in [0.2, 0.25) is 0 Å².